The molecule has 6 nitrogen and oxygen atoms in total. The summed E-state index contributed by atoms with van der Waals surface area (Å²) < 4.78 is 9.98. The van der Waals surface area contributed by atoms with Crippen LogP contribution in [0.4, 0.5) is 4.79 Å². The first-order chi connectivity index (χ1) is 10.1. The van der Waals surface area contributed by atoms with Gasteiger partial charge in [-0.05, 0) is 31.9 Å². The second-order valence-electron chi connectivity index (χ2n) is 4.98. The number of aliphatic hydroxyl groups is 1. The van der Waals surface area contributed by atoms with Crippen LogP contribution in [-0.4, -0.2) is 36.4 Å². The highest BCUT2D eigenvalue weighted by Gasteiger charge is 2.56. The van der Waals surface area contributed by atoms with Gasteiger partial charge < -0.3 is 19.9 Å². The Morgan fingerprint density at radius 1 is 1.33 bits per heavy atom. The molecule has 2 N–H and O–H groups in total. The highest BCUT2D eigenvalue weighted by molar-refractivity contribution is 5.81. The maximum Gasteiger partial charge on any atom is 0.412 e. The third-order valence-corrected chi connectivity index (χ3v) is 3.50. The first kappa shape index (κ1) is 15.3. The number of carbonyl (C=O) groups excluding carboxylic acids is 2. The van der Waals surface area contributed by atoms with Gasteiger partial charge in [0.1, 0.15) is 5.75 Å². The van der Waals surface area contributed by atoms with Crippen LogP contribution in [0.2, 0.25) is 0 Å². The molecule has 0 bridgehead atoms. The Labute approximate surface area is 123 Å². The van der Waals surface area contributed by atoms with Gasteiger partial charge in [0.15, 0.2) is 0 Å². The molecule has 0 saturated heterocycles. The van der Waals surface area contributed by atoms with Crippen molar-refractivity contribution in [1.29, 1.82) is 0 Å². The number of hydrogen-bond donors (Lipinski definition) is 2. The second-order valence-corrected chi connectivity index (χ2v) is 4.98. The van der Waals surface area contributed by atoms with Crippen molar-refractivity contribution in [3.8, 4) is 5.75 Å². The number of ether oxygens (including phenoxy) is 2. The van der Waals surface area contributed by atoms with Crippen LogP contribution < -0.4 is 10.1 Å². The van der Waals surface area contributed by atoms with E-state index in [1.165, 1.54) is 0 Å². The van der Waals surface area contributed by atoms with E-state index >= 15 is 0 Å². The molecule has 0 spiro atoms. The minimum Gasteiger partial charge on any atom is -0.465 e. The number of carbonyl (C=O) groups is 2. The van der Waals surface area contributed by atoms with E-state index in [0.29, 0.717) is 18.6 Å². The van der Waals surface area contributed by atoms with Crippen LogP contribution >= 0.6 is 0 Å². The predicted molar refractivity (Wildman–Crippen MR) is 74.8 cm³/mol. The summed E-state index contributed by atoms with van der Waals surface area (Å²) in [5.41, 5.74) is -0.865. The molecular weight excluding hydrogens is 274 g/mol. The number of rotatable bonds is 6. The standard InChI is InChI=1S/C15H19NO5/c1-2-20-13(18)15(8-9-15)12(17)10-16-14(19)21-11-6-4-3-5-7-11/h3-7,12,17H,2,8-10H2,1H3,(H,16,19). The molecule has 0 aliphatic heterocycles. The van der Waals surface area contributed by atoms with Crippen LogP contribution in [-0.2, 0) is 9.53 Å². The van der Waals surface area contributed by atoms with Crippen LogP contribution in [0.25, 0.3) is 0 Å². The van der Waals surface area contributed by atoms with E-state index in [1.54, 1.807) is 31.2 Å². The average molecular weight is 293 g/mol. The molecule has 1 aromatic rings. The summed E-state index contributed by atoms with van der Waals surface area (Å²) >= 11 is 0. The van der Waals surface area contributed by atoms with Gasteiger partial charge in [-0.25, -0.2) is 4.79 Å². The molecule has 0 radical (unpaired) electrons. The van der Waals surface area contributed by atoms with Gasteiger partial charge >= 0.3 is 12.1 Å². The lowest BCUT2D eigenvalue weighted by Gasteiger charge is -2.20. The Morgan fingerprint density at radius 3 is 2.57 bits per heavy atom. The minimum absolute atomic E-state index is 0.0511. The van der Waals surface area contributed by atoms with Gasteiger partial charge in [0.25, 0.3) is 0 Å². The Bertz CT molecular complexity index is 498. The third-order valence-electron chi connectivity index (χ3n) is 3.50. The predicted octanol–water partition coefficient (Wildman–Crippen LogP) is 1.48. The molecule has 1 atom stereocenters. The topological polar surface area (TPSA) is 84.9 Å². The Kier molecular flexibility index (Phi) is 4.80. The second kappa shape index (κ2) is 6.58. The van der Waals surface area contributed by atoms with Crippen molar-refractivity contribution in [3.05, 3.63) is 30.3 Å². The fourth-order valence-electron chi connectivity index (χ4n) is 2.09. The highest BCUT2D eigenvalue weighted by atomic mass is 16.6. The van der Waals surface area contributed by atoms with E-state index in [1.807, 2.05) is 6.07 Å². The average Bonchev–Trinajstić information content (AvgIpc) is 3.28. The molecule has 0 heterocycles. The third kappa shape index (κ3) is 3.72. The van der Waals surface area contributed by atoms with Gasteiger partial charge in [-0.3, -0.25) is 4.79 Å². The monoisotopic (exact) mass is 293 g/mol. The van der Waals surface area contributed by atoms with Crippen molar-refractivity contribution >= 4 is 12.1 Å². The molecule has 1 fully saturated rings. The van der Waals surface area contributed by atoms with Crippen molar-refractivity contribution in [1.82, 2.24) is 5.32 Å². The summed E-state index contributed by atoms with van der Waals surface area (Å²) in [4.78, 5) is 23.4. The normalized spacial score (nSPS) is 16.7. The molecule has 1 unspecified atom stereocenters. The van der Waals surface area contributed by atoms with Crippen molar-refractivity contribution in [2.75, 3.05) is 13.2 Å². The zero-order valence-electron chi connectivity index (χ0n) is 11.9. The molecule has 2 rings (SSSR count). The molecule has 0 aromatic heterocycles. The number of aliphatic hydroxyl groups excluding tert-OH is 1. The van der Waals surface area contributed by atoms with Crippen LogP contribution in [0.3, 0.4) is 0 Å². The number of para-hydroxylation sites is 1. The maximum atomic E-state index is 11.8. The first-order valence-electron chi connectivity index (χ1n) is 6.94. The number of amides is 1. The maximum absolute atomic E-state index is 11.8. The lowest BCUT2D eigenvalue weighted by atomic mass is 9.99. The van der Waals surface area contributed by atoms with Gasteiger partial charge in [0.05, 0.1) is 18.1 Å². The summed E-state index contributed by atoms with van der Waals surface area (Å²) in [5.74, 6) is 0.00624. The largest absolute Gasteiger partial charge is 0.465 e. The minimum atomic E-state index is -0.972. The molecule has 1 aliphatic rings. The van der Waals surface area contributed by atoms with Gasteiger partial charge in [-0.15, -0.1) is 0 Å². The first-order valence-corrected chi connectivity index (χ1v) is 6.94. The van der Waals surface area contributed by atoms with Crippen molar-refractivity contribution in [3.63, 3.8) is 0 Å². The lowest BCUT2D eigenvalue weighted by molar-refractivity contribution is -0.154. The highest BCUT2D eigenvalue weighted by Crippen LogP contribution is 2.49. The number of nitrogens with one attached hydrogen (secondary N) is 1. The van der Waals surface area contributed by atoms with Crippen molar-refractivity contribution in [2.24, 2.45) is 5.41 Å². The summed E-state index contributed by atoms with van der Waals surface area (Å²) in [6.07, 6.45) is -0.495. The fourth-order valence-corrected chi connectivity index (χ4v) is 2.09. The summed E-state index contributed by atoms with van der Waals surface area (Å²) in [6.45, 7) is 1.94. The van der Waals surface area contributed by atoms with Crippen LogP contribution in [0, 0.1) is 5.41 Å². The van der Waals surface area contributed by atoms with Crippen LogP contribution in [0.1, 0.15) is 19.8 Å². The van der Waals surface area contributed by atoms with Crippen molar-refractivity contribution in [2.45, 2.75) is 25.9 Å². The quantitative estimate of drug-likeness (QED) is 0.776. The smallest absolute Gasteiger partial charge is 0.412 e. The zero-order valence-corrected chi connectivity index (χ0v) is 11.9. The van der Waals surface area contributed by atoms with E-state index in [2.05, 4.69) is 5.32 Å². The SMILES string of the molecule is CCOC(=O)C1(C(O)CNC(=O)Oc2ccccc2)CC1. The van der Waals surface area contributed by atoms with Crippen molar-refractivity contribution < 1.29 is 24.2 Å². The number of esters is 1. The summed E-state index contributed by atoms with van der Waals surface area (Å²) in [6, 6.07) is 8.60. The Balaban J connectivity index is 1.80. The molecule has 6 heteroatoms. The lowest BCUT2D eigenvalue weighted by Crippen LogP contribution is -2.42. The molecule has 1 aliphatic carbocycles. The molecule has 114 valence electrons. The van der Waals surface area contributed by atoms with E-state index in [4.69, 9.17) is 9.47 Å². The van der Waals surface area contributed by atoms with E-state index in [-0.39, 0.29) is 13.2 Å². The van der Waals surface area contributed by atoms with E-state index in [9.17, 15) is 14.7 Å². The van der Waals surface area contributed by atoms with Crippen LogP contribution in [0.15, 0.2) is 30.3 Å². The zero-order chi connectivity index (χ0) is 15.3. The molecule has 1 aromatic carbocycles. The van der Waals surface area contributed by atoms with E-state index < -0.39 is 23.6 Å². The Hall–Kier alpha value is -2.08. The van der Waals surface area contributed by atoms with Gasteiger partial charge in [0, 0.05) is 6.54 Å². The van der Waals surface area contributed by atoms with Gasteiger partial charge in [-0.1, -0.05) is 18.2 Å². The van der Waals surface area contributed by atoms with Gasteiger partial charge in [-0.2, -0.15) is 0 Å². The van der Waals surface area contributed by atoms with Gasteiger partial charge in [0.2, 0.25) is 0 Å². The summed E-state index contributed by atoms with van der Waals surface area (Å²) in [5, 5.41) is 12.5. The van der Waals surface area contributed by atoms with Crippen LogP contribution in [0.5, 0.6) is 5.75 Å². The number of benzene rings is 1. The molecule has 1 saturated carbocycles. The summed E-state index contributed by atoms with van der Waals surface area (Å²) in [7, 11) is 0. The molecule has 1 amide bonds. The number of hydrogen-bond acceptors (Lipinski definition) is 5. The fraction of sp³-hybridized carbons (Fsp3) is 0.467. The molecular formula is C15H19NO5. The Morgan fingerprint density at radius 2 is 2.00 bits per heavy atom. The van der Waals surface area contributed by atoms with E-state index in [0.717, 1.165) is 0 Å². The molecule has 21 heavy (non-hydrogen) atoms.